The van der Waals surface area contributed by atoms with E-state index in [2.05, 4.69) is 5.32 Å². The molecule has 1 aromatic heterocycles. The minimum atomic E-state index is -0.486. The van der Waals surface area contributed by atoms with E-state index in [1.54, 1.807) is 30.3 Å². The molecule has 0 aliphatic carbocycles. The van der Waals surface area contributed by atoms with Gasteiger partial charge in [0.05, 0.1) is 0 Å². The van der Waals surface area contributed by atoms with Gasteiger partial charge in [0.1, 0.15) is 11.6 Å². The lowest BCUT2D eigenvalue weighted by atomic mass is 10.2. The van der Waals surface area contributed by atoms with E-state index in [1.807, 2.05) is 72.2 Å². The Labute approximate surface area is 169 Å². The predicted octanol–water partition coefficient (Wildman–Crippen LogP) is 4.74. The van der Waals surface area contributed by atoms with Crippen molar-refractivity contribution in [3.63, 3.8) is 0 Å². The summed E-state index contributed by atoms with van der Waals surface area (Å²) in [5.74, 6) is -0.486. The van der Waals surface area contributed by atoms with Gasteiger partial charge in [0, 0.05) is 48.1 Å². The Balaban J connectivity index is 1.87. The van der Waals surface area contributed by atoms with Gasteiger partial charge in [0.2, 0.25) is 0 Å². The molecule has 0 aliphatic heterocycles. The standard InChI is InChI=1S/C22H19ClN4O/c1-26(2)19-8-10-20(11-9-19)27-12-4-7-21(27)13-16(15-24)22(28)25-18-6-3-5-17(23)14-18/h3-14H,1-2H3,(H,25,28)/b16-13-. The third-order valence-electron chi connectivity index (χ3n) is 4.16. The van der Waals surface area contributed by atoms with Crippen LogP contribution in [0.15, 0.2) is 72.4 Å². The molecule has 0 bridgehead atoms. The maximum atomic E-state index is 12.5. The summed E-state index contributed by atoms with van der Waals surface area (Å²) in [6.45, 7) is 0. The van der Waals surface area contributed by atoms with Gasteiger partial charge in [-0.25, -0.2) is 0 Å². The molecular weight excluding hydrogens is 372 g/mol. The van der Waals surface area contributed by atoms with Crippen molar-refractivity contribution < 1.29 is 4.79 Å². The van der Waals surface area contributed by atoms with E-state index in [9.17, 15) is 10.1 Å². The van der Waals surface area contributed by atoms with E-state index < -0.39 is 5.91 Å². The summed E-state index contributed by atoms with van der Waals surface area (Å²) in [7, 11) is 3.97. The molecule has 0 saturated heterocycles. The highest BCUT2D eigenvalue weighted by molar-refractivity contribution is 6.31. The van der Waals surface area contributed by atoms with Gasteiger partial charge in [0.15, 0.2) is 0 Å². The van der Waals surface area contributed by atoms with Crippen molar-refractivity contribution in [1.82, 2.24) is 4.57 Å². The molecule has 3 aromatic rings. The minimum Gasteiger partial charge on any atom is -0.378 e. The molecule has 1 N–H and O–H groups in total. The lowest BCUT2D eigenvalue weighted by molar-refractivity contribution is -0.112. The zero-order chi connectivity index (χ0) is 20.1. The quantitative estimate of drug-likeness (QED) is 0.505. The number of nitriles is 1. The van der Waals surface area contributed by atoms with Crippen LogP contribution in [0.3, 0.4) is 0 Å². The van der Waals surface area contributed by atoms with E-state index in [0.717, 1.165) is 17.1 Å². The molecule has 0 aliphatic rings. The minimum absolute atomic E-state index is 0.00448. The molecule has 0 saturated carbocycles. The maximum Gasteiger partial charge on any atom is 0.266 e. The molecule has 0 radical (unpaired) electrons. The number of nitrogens with zero attached hydrogens (tertiary/aromatic N) is 3. The first-order chi connectivity index (χ1) is 13.5. The Hall–Kier alpha value is -3.49. The van der Waals surface area contributed by atoms with E-state index in [0.29, 0.717) is 10.7 Å². The first kappa shape index (κ1) is 19.3. The fourth-order valence-corrected chi connectivity index (χ4v) is 2.91. The highest BCUT2D eigenvalue weighted by Crippen LogP contribution is 2.20. The third kappa shape index (κ3) is 4.43. The second-order valence-electron chi connectivity index (χ2n) is 6.35. The summed E-state index contributed by atoms with van der Waals surface area (Å²) in [6, 6.07) is 20.5. The number of carbonyl (C=O) groups excluding carboxylic acids is 1. The van der Waals surface area contributed by atoms with Gasteiger partial charge in [0.25, 0.3) is 5.91 Å². The van der Waals surface area contributed by atoms with Gasteiger partial charge >= 0.3 is 0 Å². The summed E-state index contributed by atoms with van der Waals surface area (Å²) in [4.78, 5) is 14.5. The molecular formula is C22H19ClN4O. The van der Waals surface area contributed by atoms with E-state index in [4.69, 9.17) is 11.6 Å². The zero-order valence-electron chi connectivity index (χ0n) is 15.6. The Bertz CT molecular complexity index is 1060. The molecule has 5 nitrogen and oxygen atoms in total. The molecule has 3 rings (SSSR count). The fourth-order valence-electron chi connectivity index (χ4n) is 2.72. The monoisotopic (exact) mass is 390 g/mol. The average Bonchev–Trinajstić information content (AvgIpc) is 3.14. The second kappa shape index (κ2) is 8.47. The normalized spacial score (nSPS) is 11.0. The number of nitrogens with one attached hydrogen (secondary N) is 1. The van der Waals surface area contributed by atoms with Crippen LogP contribution in [0.2, 0.25) is 5.02 Å². The first-order valence-corrected chi connectivity index (χ1v) is 8.99. The number of rotatable bonds is 5. The van der Waals surface area contributed by atoms with Crippen molar-refractivity contribution in [3.05, 3.63) is 83.2 Å². The molecule has 2 aromatic carbocycles. The SMILES string of the molecule is CN(C)c1ccc(-n2cccc2/C=C(/C#N)C(=O)Nc2cccc(Cl)c2)cc1. The van der Waals surface area contributed by atoms with Gasteiger partial charge < -0.3 is 14.8 Å². The highest BCUT2D eigenvalue weighted by Gasteiger charge is 2.11. The molecule has 6 heteroatoms. The Morgan fingerprint density at radius 3 is 2.54 bits per heavy atom. The van der Waals surface area contributed by atoms with Crippen molar-refractivity contribution in [1.29, 1.82) is 5.26 Å². The van der Waals surface area contributed by atoms with Crippen LogP contribution in [0, 0.1) is 11.3 Å². The van der Waals surface area contributed by atoms with Crippen molar-refractivity contribution in [3.8, 4) is 11.8 Å². The van der Waals surface area contributed by atoms with Crippen molar-refractivity contribution in [2.75, 3.05) is 24.3 Å². The second-order valence-corrected chi connectivity index (χ2v) is 6.78. The van der Waals surface area contributed by atoms with Crippen LogP contribution in [0.4, 0.5) is 11.4 Å². The van der Waals surface area contributed by atoms with Gasteiger partial charge in [-0.2, -0.15) is 5.26 Å². The van der Waals surface area contributed by atoms with Gasteiger partial charge in [-0.05, 0) is 60.7 Å². The van der Waals surface area contributed by atoms with Crippen LogP contribution in [-0.4, -0.2) is 24.6 Å². The molecule has 0 unspecified atom stereocenters. The molecule has 140 valence electrons. The average molecular weight is 391 g/mol. The van der Waals surface area contributed by atoms with Crippen molar-refractivity contribution in [2.45, 2.75) is 0 Å². The van der Waals surface area contributed by atoms with Gasteiger partial charge in [-0.15, -0.1) is 0 Å². The number of amides is 1. The summed E-state index contributed by atoms with van der Waals surface area (Å²) >= 11 is 5.94. The van der Waals surface area contributed by atoms with Crippen molar-refractivity contribution >= 4 is 35.0 Å². The van der Waals surface area contributed by atoms with Gasteiger partial charge in [-0.3, -0.25) is 4.79 Å². The molecule has 1 amide bonds. The molecule has 1 heterocycles. The van der Waals surface area contributed by atoms with Crippen LogP contribution in [0.25, 0.3) is 11.8 Å². The fraction of sp³-hybridized carbons (Fsp3) is 0.0909. The lowest BCUT2D eigenvalue weighted by Crippen LogP contribution is -2.13. The Morgan fingerprint density at radius 2 is 1.89 bits per heavy atom. The Kier molecular flexibility index (Phi) is 5.83. The number of aromatic nitrogens is 1. The highest BCUT2D eigenvalue weighted by atomic mass is 35.5. The molecule has 0 spiro atoms. The third-order valence-corrected chi connectivity index (χ3v) is 4.40. The molecule has 0 fully saturated rings. The lowest BCUT2D eigenvalue weighted by Gasteiger charge is -2.14. The number of halogens is 1. The number of anilines is 2. The number of benzene rings is 2. The largest absolute Gasteiger partial charge is 0.378 e. The smallest absolute Gasteiger partial charge is 0.266 e. The van der Waals surface area contributed by atoms with Crippen LogP contribution in [-0.2, 0) is 4.79 Å². The van der Waals surface area contributed by atoms with E-state index >= 15 is 0 Å². The van der Waals surface area contributed by atoms with Crippen molar-refractivity contribution in [2.24, 2.45) is 0 Å². The van der Waals surface area contributed by atoms with Crippen LogP contribution < -0.4 is 10.2 Å². The summed E-state index contributed by atoms with van der Waals surface area (Å²) in [5, 5.41) is 12.7. The predicted molar refractivity (Wildman–Crippen MR) is 114 cm³/mol. The summed E-state index contributed by atoms with van der Waals surface area (Å²) in [5.41, 5.74) is 3.30. The number of hydrogen-bond donors (Lipinski definition) is 1. The maximum absolute atomic E-state index is 12.5. The summed E-state index contributed by atoms with van der Waals surface area (Å²) < 4.78 is 1.92. The zero-order valence-corrected chi connectivity index (χ0v) is 16.3. The van der Waals surface area contributed by atoms with E-state index in [1.165, 1.54) is 0 Å². The van der Waals surface area contributed by atoms with Gasteiger partial charge in [-0.1, -0.05) is 17.7 Å². The van der Waals surface area contributed by atoms with Crippen LogP contribution >= 0.6 is 11.6 Å². The molecule has 0 atom stereocenters. The first-order valence-electron chi connectivity index (χ1n) is 8.62. The molecule has 28 heavy (non-hydrogen) atoms. The number of carbonyl (C=O) groups is 1. The topological polar surface area (TPSA) is 61.1 Å². The summed E-state index contributed by atoms with van der Waals surface area (Å²) in [6.07, 6.45) is 3.46. The number of hydrogen-bond acceptors (Lipinski definition) is 3. The Morgan fingerprint density at radius 1 is 1.14 bits per heavy atom. The van der Waals surface area contributed by atoms with Crippen LogP contribution in [0.1, 0.15) is 5.69 Å². The van der Waals surface area contributed by atoms with E-state index in [-0.39, 0.29) is 5.57 Å². The van der Waals surface area contributed by atoms with Crippen LogP contribution in [0.5, 0.6) is 0 Å².